The van der Waals surface area contributed by atoms with Crippen molar-refractivity contribution < 1.29 is 5.11 Å². The molecule has 84 valence electrons. The molecule has 15 heavy (non-hydrogen) atoms. The van der Waals surface area contributed by atoms with Crippen molar-refractivity contribution in [3.05, 3.63) is 32.2 Å². The van der Waals surface area contributed by atoms with E-state index in [9.17, 15) is 5.11 Å². The molecule has 0 aliphatic rings. The summed E-state index contributed by atoms with van der Waals surface area (Å²) in [4.78, 5) is 0. The van der Waals surface area contributed by atoms with Gasteiger partial charge in [-0.2, -0.15) is 0 Å². The van der Waals surface area contributed by atoms with Crippen LogP contribution in [0.5, 0.6) is 0 Å². The van der Waals surface area contributed by atoms with Crippen LogP contribution in [0, 0.1) is 12.8 Å². The summed E-state index contributed by atoms with van der Waals surface area (Å²) in [6.45, 7) is 6.26. The van der Waals surface area contributed by atoms with E-state index in [4.69, 9.17) is 0 Å². The van der Waals surface area contributed by atoms with E-state index in [1.54, 1.807) is 0 Å². The normalized spacial score (nSPS) is 13.3. The van der Waals surface area contributed by atoms with Gasteiger partial charge in [-0.05, 0) is 42.5 Å². The SMILES string of the molecule is Cc1cc(Br)c(C(O)CC(C)C)cc1Br. The first kappa shape index (κ1) is 13.2. The van der Waals surface area contributed by atoms with Crippen molar-refractivity contribution in [1.82, 2.24) is 0 Å². The van der Waals surface area contributed by atoms with Gasteiger partial charge in [0, 0.05) is 8.95 Å². The molecule has 1 N–H and O–H groups in total. The van der Waals surface area contributed by atoms with E-state index in [1.807, 2.05) is 19.1 Å². The minimum Gasteiger partial charge on any atom is -0.388 e. The van der Waals surface area contributed by atoms with Gasteiger partial charge in [-0.25, -0.2) is 0 Å². The number of halogens is 2. The van der Waals surface area contributed by atoms with Gasteiger partial charge in [0.1, 0.15) is 0 Å². The summed E-state index contributed by atoms with van der Waals surface area (Å²) in [5.41, 5.74) is 2.13. The summed E-state index contributed by atoms with van der Waals surface area (Å²) in [5, 5.41) is 10.0. The Hall–Kier alpha value is 0.140. The molecule has 3 heteroatoms. The molecule has 1 aromatic carbocycles. The summed E-state index contributed by atoms with van der Waals surface area (Å²) >= 11 is 6.97. The van der Waals surface area contributed by atoms with Crippen LogP contribution in [0.3, 0.4) is 0 Å². The van der Waals surface area contributed by atoms with Gasteiger partial charge in [0.15, 0.2) is 0 Å². The fraction of sp³-hybridized carbons (Fsp3) is 0.500. The van der Waals surface area contributed by atoms with Crippen LogP contribution in [-0.4, -0.2) is 5.11 Å². The highest BCUT2D eigenvalue weighted by molar-refractivity contribution is 9.11. The monoisotopic (exact) mass is 334 g/mol. The van der Waals surface area contributed by atoms with Gasteiger partial charge in [0.25, 0.3) is 0 Å². The van der Waals surface area contributed by atoms with Crippen molar-refractivity contribution in [2.45, 2.75) is 33.3 Å². The lowest BCUT2D eigenvalue weighted by molar-refractivity contribution is 0.150. The van der Waals surface area contributed by atoms with Gasteiger partial charge in [-0.3, -0.25) is 0 Å². The third-order valence-electron chi connectivity index (χ3n) is 2.33. The summed E-state index contributed by atoms with van der Waals surface area (Å²) in [5.74, 6) is 0.493. The van der Waals surface area contributed by atoms with Crippen LogP contribution in [0.2, 0.25) is 0 Å². The first-order chi connectivity index (χ1) is 6.91. The molecule has 0 radical (unpaired) electrons. The lowest BCUT2D eigenvalue weighted by Crippen LogP contribution is -2.03. The Morgan fingerprint density at radius 3 is 2.33 bits per heavy atom. The molecule has 1 unspecified atom stereocenters. The van der Waals surface area contributed by atoms with Gasteiger partial charge in [0.2, 0.25) is 0 Å². The van der Waals surface area contributed by atoms with Crippen molar-refractivity contribution in [1.29, 1.82) is 0 Å². The average molecular weight is 336 g/mol. The number of rotatable bonds is 3. The predicted molar refractivity (Wildman–Crippen MR) is 71.0 cm³/mol. The summed E-state index contributed by atoms with van der Waals surface area (Å²) in [6, 6.07) is 4.02. The third-order valence-corrected chi connectivity index (χ3v) is 3.87. The quantitative estimate of drug-likeness (QED) is 0.855. The lowest BCUT2D eigenvalue weighted by atomic mass is 9.99. The van der Waals surface area contributed by atoms with Gasteiger partial charge in [-0.1, -0.05) is 45.7 Å². The molecular weight excluding hydrogens is 320 g/mol. The third kappa shape index (κ3) is 3.58. The fourth-order valence-corrected chi connectivity index (χ4v) is 2.57. The van der Waals surface area contributed by atoms with Gasteiger partial charge in [0.05, 0.1) is 6.10 Å². The maximum atomic E-state index is 10.0. The van der Waals surface area contributed by atoms with Gasteiger partial charge < -0.3 is 5.11 Å². The first-order valence-electron chi connectivity index (χ1n) is 5.05. The van der Waals surface area contributed by atoms with Crippen molar-refractivity contribution >= 4 is 31.9 Å². The molecule has 1 aromatic rings. The highest BCUT2D eigenvalue weighted by Crippen LogP contribution is 2.32. The predicted octanol–water partition coefficient (Wildman–Crippen LogP) is 4.60. The zero-order valence-electron chi connectivity index (χ0n) is 9.22. The molecule has 0 aromatic heterocycles. The Morgan fingerprint density at radius 1 is 1.20 bits per heavy atom. The van der Waals surface area contributed by atoms with E-state index in [1.165, 1.54) is 5.56 Å². The summed E-state index contributed by atoms with van der Waals surface area (Å²) in [6.07, 6.45) is 0.393. The molecule has 0 saturated heterocycles. The highest BCUT2D eigenvalue weighted by Gasteiger charge is 2.14. The summed E-state index contributed by atoms with van der Waals surface area (Å²) in [7, 11) is 0. The Balaban J connectivity index is 2.98. The number of aliphatic hydroxyl groups excluding tert-OH is 1. The van der Waals surface area contributed by atoms with Crippen LogP contribution in [0.25, 0.3) is 0 Å². The van der Waals surface area contributed by atoms with E-state index in [2.05, 4.69) is 45.7 Å². The fourth-order valence-electron chi connectivity index (χ4n) is 1.49. The van der Waals surface area contributed by atoms with E-state index in [-0.39, 0.29) is 0 Å². The van der Waals surface area contributed by atoms with Crippen molar-refractivity contribution in [2.75, 3.05) is 0 Å². The Morgan fingerprint density at radius 2 is 1.80 bits per heavy atom. The molecule has 0 spiro atoms. The van der Waals surface area contributed by atoms with E-state index in [0.717, 1.165) is 20.9 Å². The molecule has 0 bridgehead atoms. The minimum atomic E-state index is -0.392. The summed E-state index contributed by atoms with van der Waals surface area (Å²) < 4.78 is 2.03. The lowest BCUT2D eigenvalue weighted by Gasteiger charge is -2.16. The standard InChI is InChI=1S/C12H16Br2O/c1-7(2)4-12(15)9-6-10(13)8(3)5-11(9)14/h5-7,12,15H,4H2,1-3H3. The van der Waals surface area contributed by atoms with Crippen LogP contribution in [0.1, 0.15) is 37.5 Å². The number of aryl methyl sites for hydroxylation is 1. The van der Waals surface area contributed by atoms with Crippen LogP contribution < -0.4 is 0 Å². The largest absolute Gasteiger partial charge is 0.388 e. The highest BCUT2D eigenvalue weighted by atomic mass is 79.9. The second kappa shape index (κ2) is 5.46. The van der Waals surface area contributed by atoms with E-state index in [0.29, 0.717) is 5.92 Å². The van der Waals surface area contributed by atoms with Crippen molar-refractivity contribution in [3.63, 3.8) is 0 Å². The molecule has 0 aliphatic heterocycles. The van der Waals surface area contributed by atoms with Crippen LogP contribution in [0.4, 0.5) is 0 Å². The smallest absolute Gasteiger partial charge is 0.0803 e. The van der Waals surface area contributed by atoms with Crippen LogP contribution >= 0.6 is 31.9 Å². The molecular formula is C12H16Br2O. The molecule has 0 heterocycles. The minimum absolute atomic E-state index is 0.392. The van der Waals surface area contributed by atoms with Crippen molar-refractivity contribution in [2.24, 2.45) is 5.92 Å². The zero-order chi connectivity index (χ0) is 11.6. The van der Waals surface area contributed by atoms with Crippen LogP contribution in [0.15, 0.2) is 21.1 Å². The molecule has 1 atom stereocenters. The molecule has 0 aliphatic carbocycles. The topological polar surface area (TPSA) is 20.2 Å². The average Bonchev–Trinajstić information content (AvgIpc) is 2.09. The Kier molecular flexibility index (Phi) is 4.81. The maximum Gasteiger partial charge on any atom is 0.0803 e. The molecule has 1 nitrogen and oxygen atoms in total. The van der Waals surface area contributed by atoms with E-state index >= 15 is 0 Å². The Labute approximate surface area is 108 Å². The molecule has 0 saturated carbocycles. The first-order valence-corrected chi connectivity index (χ1v) is 6.64. The Bertz CT molecular complexity index is 348. The molecule has 1 rings (SSSR count). The van der Waals surface area contributed by atoms with Crippen molar-refractivity contribution in [3.8, 4) is 0 Å². The second-order valence-corrected chi connectivity index (χ2v) is 5.98. The number of aliphatic hydroxyl groups is 1. The van der Waals surface area contributed by atoms with Gasteiger partial charge >= 0.3 is 0 Å². The maximum absolute atomic E-state index is 10.0. The van der Waals surface area contributed by atoms with Gasteiger partial charge in [-0.15, -0.1) is 0 Å². The molecule has 0 fully saturated rings. The van der Waals surface area contributed by atoms with E-state index < -0.39 is 6.10 Å². The molecule has 0 amide bonds. The zero-order valence-corrected chi connectivity index (χ0v) is 12.4. The number of benzene rings is 1. The second-order valence-electron chi connectivity index (χ2n) is 4.27. The number of hydrogen-bond donors (Lipinski definition) is 1. The number of hydrogen-bond acceptors (Lipinski definition) is 1. The van der Waals surface area contributed by atoms with Crippen LogP contribution in [-0.2, 0) is 0 Å².